The summed E-state index contributed by atoms with van der Waals surface area (Å²) in [7, 11) is 0. The number of hydrogen-bond donors (Lipinski definition) is 2. The van der Waals surface area contributed by atoms with E-state index in [1.165, 1.54) is 11.8 Å². The maximum absolute atomic E-state index is 12.1. The van der Waals surface area contributed by atoms with Crippen LogP contribution in [0.1, 0.15) is 15.9 Å². The highest BCUT2D eigenvalue weighted by atomic mass is 32.2. The fourth-order valence-electron chi connectivity index (χ4n) is 2.22. The van der Waals surface area contributed by atoms with Crippen molar-refractivity contribution in [3.63, 3.8) is 0 Å². The van der Waals surface area contributed by atoms with E-state index in [1.54, 1.807) is 36.4 Å². The molecule has 7 heteroatoms. The molecule has 0 aliphatic heterocycles. The van der Waals surface area contributed by atoms with Crippen LogP contribution in [0, 0.1) is 6.92 Å². The van der Waals surface area contributed by atoms with Crippen molar-refractivity contribution in [2.24, 2.45) is 0 Å². The van der Waals surface area contributed by atoms with Crippen LogP contribution in [-0.2, 0) is 4.79 Å². The SMILES string of the molecule is Cc1ccc(NC(=O)CSc2ccc(NC(=O)c3ccccc3)nn2)cc1. The smallest absolute Gasteiger partial charge is 0.256 e. The molecule has 1 heterocycles. The molecule has 2 N–H and O–H groups in total. The van der Waals surface area contributed by atoms with Crippen molar-refractivity contribution in [2.75, 3.05) is 16.4 Å². The number of amides is 2. The third kappa shape index (κ3) is 5.65. The zero-order valence-electron chi connectivity index (χ0n) is 14.7. The number of rotatable bonds is 6. The average Bonchev–Trinajstić information content (AvgIpc) is 2.70. The van der Waals surface area contributed by atoms with Gasteiger partial charge in [-0.2, -0.15) is 0 Å². The second kappa shape index (κ2) is 8.95. The lowest BCUT2D eigenvalue weighted by Gasteiger charge is -2.06. The Balaban J connectivity index is 1.49. The van der Waals surface area contributed by atoms with E-state index in [-0.39, 0.29) is 17.6 Å². The standard InChI is InChI=1S/C20H18N4O2S/c1-14-7-9-16(10-8-14)21-18(25)13-27-19-12-11-17(23-24-19)22-20(26)15-5-3-2-4-6-15/h2-12H,13H2,1H3,(H,21,25)(H,22,23,26). The number of hydrogen-bond acceptors (Lipinski definition) is 5. The number of carbonyl (C=O) groups is 2. The van der Waals surface area contributed by atoms with Crippen molar-refractivity contribution in [2.45, 2.75) is 11.9 Å². The highest BCUT2D eigenvalue weighted by Gasteiger charge is 2.08. The minimum Gasteiger partial charge on any atom is -0.325 e. The Kier molecular flexibility index (Phi) is 6.17. The summed E-state index contributed by atoms with van der Waals surface area (Å²) in [5, 5.41) is 14.1. The van der Waals surface area contributed by atoms with Gasteiger partial charge in [0.15, 0.2) is 5.82 Å². The molecule has 0 saturated carbocycles. The van der Waals surface area contributed by atoms with Gasteiger partial charge in [0, 0.05) is 11.3 Å². The quantitative estimate of drug-likeness (QED) is 0.638. The minimum atomic E-state index is -0.247. The van der Waals surface area contributed by atoms with Gasteiger partial charge in [0.05, 0.1) is 5.75 Å². The number of thioether (sulfide) groups is 1. The lowest BCUT2D eigenvalue weighted by atomic mass is 10.2. The second-order valence-electron chi connectivity index (χ2n) is 5.78. The van der Waals surface area contributed by atoms with Gasteiger partial charge in [-0.15, -0.1) is 10.2 Å². The highest BCUT2D eigenvalue weighted by Crippen LogP contribution is 2.17. The first-order chi connectivity index (χ1) is 13.1. The Labute approximate surface area is 161 Å². The average molecular weight is 378 g/mol. The first-order valence-corrected chi connectivity index (χ1v) is 9.28. The number of anilines is 2. The van der Waals surface area contributed by atoms with Gasteiger partial charge in [0.25, 0.3) is 5.91 Å². The molecule has 0 aliphatic carbocycles. The first kappa shape index (κ1) is 18.6. The van der Waals surface area contributed by atoms with Crippen LogP contribution in [0.25, 0.3) is 0 Å². The number of aryl methyl sites for hydroxylation is 1. The van der Waals surface area contributed by atoms with E-state index in [0.717, 1.165) is 11.3 Å². The van der Waals surface area contributed by atoms with E-state index in [0.29, 0.717) is 16.4 Å². The molecule has 0 bridgehead atoms. The van der Waals surface area contributed by atoms with Crippen molar-refractivity contribution in [3.8, 4) is 0 Å². The fraction of sp³-hybridized carbons (Fsp3) is 0.100. The monoisotopic (exact) mass is 378 g/mol. The van der Waals surface area contributed by atoms with Crippen LogP contribution in [0.5, 0.6) is 0 Å². The summed E-state index contributed by atoms with van der Waals surface area (Å²) >= 11 is 1.28. The molecular formula is C20H18N4O2S. The molecular weight excluding hydrogens is 360 g/mol. The van der Waals surface area contributed by atoms with Crippen molar-refractivity contribution >= 4 is 35.1 Å². The summed E-state index contributed by atoms with van der Waals surface area (Å²) in [6.07, 6.45) is 0. The Hall–Kier alpha value is -3.19. The minimum absolute atomic E-state index is 0.118. The number of nitrogens with zero attached hydrogens (tertiary/aromatic N) is 2. The van der Waals surface area contributed by atoms with Crippen molar-refractivity contribution in [1.29, 1.82) is 0 Å². The summed E-state index contributed by atoms with van der Waals surface area (Å²) in [5.41, 5.74) is 2.44. The van der Waals surface area contributed by atoms with E-state index < -0.39 is 0 Å². The predicted molar refractivity (Wildman–Crippen MR) is 107 cm³/mol. The Morgan fingerprint density at radius 2 is 1.63 bits per heavy atom. The van der Waals surface area contributed by atoms with Gasteiger partial charge in [0.2, 0.25) is 5.91 Å². The van der Waals surface area contributed by atoms with Gasteiger partial charge in [-0.25, -0.2) is 0 Å². The van der Waals surface area contributed by atoms with Crippen molar-refractivity contribution in [1.82, 2.24) is 10.2 Å². The molecule has 3 aromatic rings. The topological polar surface area (TPSA) is 84.0 Å². The maximum Gasteiger partial charge on any atom is 0.256 e. The Bertz CT molecular complexity index is 913. The van der Waals surface area contributed by atoms with Gasteiger partial charge in [-0.3, -0.25) is 9.59 Å². The molecule has 0 unspecified atom stereocenters. The van der Waals surface area contributed by atoms with Gasteiger partial charge >= 0.3 is 0 Å². The predicted octanol–water partition coefficient (Wildman–Crippen LogP) is 3.77. The molecule has 0 atom stereocenters. The van der Waals surface area contributed by atoms with Crippen LogP contribution in [0.3, 0.4) is 0 Å². The van der Waals surface area contributed by atoms with Crippen LogP contribution in [-0.4, -0.2) is 27.8 Å². The maximum atomic E-state index is 12.1. The zero-order valence-corrected chi connectivity index (χ0v) is 15.5. The van der Waals surface area contributed by atoms with E-state index in [4.69, 9.17) is 0 Å². The van der Waals surface area contributed by atoms with Crippen LogP contribution in [0.4, 0.5) is 11.5 Å². The van der Waals surface area contributed by atoms with Crippen molar-refractivity contribution in [3.05, 3.63) is 77.9 Å². The molecule has 0 aliphatic rings. The van der Waals surface area contributed by atoms with Crippen LogP contribution < -0.4 is 10.6 Å². The number of carbonyl (C=O) groups excluding carboxylic acids is 2. The molecule has 0 spiro atoms. The van der Waals surface area contributed by atoms with E-state index in [9.17, 15) is 9.59 Å². The van der Waals surface area contributed by atoms with E-state index >= 15 is 0 Å². The molecule has 0 radical (unpaired) electrons. The van der Waals surface area contributed by atoms with E-state index in [1.807, 2.05) is 37.3 Å². The molecule has 27 heavy (non-hydrogen) atoms. The summed E-state index contributed by atoms with van der Waals surface area (Å²) in [6.45, 7) is 1.99. The molecule has 0 saturated heterocycles. The second-order valence-corrected chi connectivity index (χ2v) is 6.78. The molecule has 2 aromatic carbocycles. The summed E-state index contributed by atoms with van der Waals surface area (Å²) in [5.74, 6) is 0.213. The third-order valence-corrected chi connectivity index (χ3v) is 4.52. The normalized spacial score (nSPS) is 10.3. The third-order valence-electron chi connectivity index (χ3n) is 3.60. The number of benzene rings is 2. The molecule has 0 fully saturated rings. The van der Waals surface area contributed by atoms with Crippen LogP contribution in [0.2, 0.25) is 0 Å². The van der Waals surface area contributed by atoms with Gasteiger partial charge in [0.1, 0.15) is 5.03 Å². The molecule has 2 amide bonds. The van der Waals surface area contributed by atoms with Gasteiger partial charge in [-0.1, -0.05) is 47.7 Å². The molecule has 136 valence electrons. The Morgan fingerprint density at radius 3 is 2.30 bits per heavy atom. The zero-order chi connectivity index (χ0) is 19.1. The largest absolute Gasteiger partial charge is 0.325 e. The van der Waals surface area contributed by atoms with Crippen LogP contribution in [0.15, 0.2) is 71.8 Å². The summed E-state index contributed by atoms with van der Waals surface area (Å²) in [6, 6.07) is 19.9. The van der Waals surface area contributed by atoms with Crippen molar-refractivity contribution < 1.29 is 9.59 Å². The lowest BCUT2D eigenvalue weighted by Crippen LogP contribution is -2.14. The molecule has 6 nitrogen and oxygen atoms in total. The molecule has 1 aromatic heterocycles. The Morgan fingerprint density at radius 1 is 0.889 bits per heavy atom. The van der Waals surface area contributed by atoms with E-state index in [2.05, 4.69) is 20.8 Å². The lowest BCUT2D eigenvalue weighted by molar-refractivity contribution is -0.113. The number of nitrogens with one attached hydrogen (secondary N) is 2. The summed E-state index contributed by atoms with van der Waals surface area (Å²) in [4.78, 5) is 24.1. The fourth-order valence-corrected chi connectivity index (χ4v) is 2.83. The van der Waals surface area contributed by atoms with Gasteiger partial charge < -0.3 is 10.6 Å². The molecule has 3 rings (SSSR count). The van der Waals surface area contributed by atoms with Gasteiger partial charge in [-0.05, 0) is 43.3 Å². The highest BCUT2D eigenvalue weighted by molar-refractivity contribution is 7.99. The summed E-state index contributed by atoms with van der Waals surface area (Å²) < 4.78 is 0. The van der Waals surface area contributed by atoms with Crippen LogP contribution >= 0.6 is 11.8 Å². The first-order valence-electron chi connectivity index (χ1n) is 8.29. The number of aromatic nitrogens is 2.